The maximum absolute atomic E-state index is 13.8. The average molecular weight is 434 g/mol. The van der Waals surface area contributed by atoms with Crippen LogP contribution in [0, 0.1) is 5.82 Å². The van der Waals surface area contributed by atoms with E-state index in [1.54, 1.807) is 13.0 Å². The molecule has 2 aromatic carbocycles. The number of anilines is 2. The Kier molecular flexibility index (Phi) is 7.10. The van der Waals surface area contributed by atoms with E-state index in [9.17, 15) is 17.6 Å². The Morgan fingerprint density at radius 3 is 2.40 bits per heavy atom. The molecule has 162 valence electrons. The first-order valence-corrected chi connectivity index (χ1v) is 11.8. The predicted octanol–water partition coefficient (Wildman–Crippen LogP) is 4.15. The highest BCUT2D eigenvalue weighted by Gasteiger charge is 2.19. The van der Waals surface area contributed by atoms with Crippen molar-refractivity contribution in [3.8, 4) is 0 Å². The number of halogens is 1. The quantitative estimate of drug-likeness (QED) is 0.688. The summed E-state index contributed by atoms with van der Waals surface area (Å²) in [7, 11) is -3.64. The van der Waals surface area contributed by atoms with Crippen molar-refractivity contribution in [3.05, 3.63) is 53.8 Å². The van der Waals surface area contributed by atoms with Gasteiger partial charge in [-0.05, 0) is 75.1 Å². The minimum Gasteiger partial charge on any atom is -0.370 e. The lowest BCUT2D eigenvalue weighted by molar-refractivity contribution is 0.102. The minimum absolute atomic E-state index is 0.0964. The lowest BCUT2D eigenvalue weighted by atomic mass is 10.1. The lowest BCUT2D eigenvalue weighted by Crippen LogP contribution is -2.32. The second-order valence-electron chi connectivity index (χ2n) is 7.62. The molecule has 0 spiro atoms. The van der Waals surface area contributed by atoms with E-state index in [2.05, 4.69) is 14.9 Å². The van der Waals surface area contributed by atoms with Crippen molar-refractivity contribution < 1.29 is 17.6 Å². The van der Waals surface area contributed by atoms with Crippen molar-refractivity contribution in [2.75, 3.05) is 23.3 Å². The Labute approximate surface area is 177 Å². The minimum atomic E-state index is -3.64. The van der Waals surface area contributed by atoms with E-state index in [4.69, 9.17) is 0 Å². The number of benzene rings is 2. The maximum Gasteiger partial charge on any atom is 0.255 e. The van der Waals surface area contributed by atoms with Crippen molar-refractivity contribution in [3.63, 3.8) is 0 Å². The largest absolute Gasteiger partial charge is 0.370 e. The fourth-order valence-electron chi connectivity index (χ4n) is 3.42. The molecule has 0 aromatic heterocycles. The summed E-state index contributed by atoms with van der Waals surface area (Å²) in [6.45, 7) is 5.41. The summed E-state index contributed by atoms with van der Waals surface area (Å²) in [5.41, 5.74) is 1.50. The van der Waals surface area contributed by atoms with E-state index in [0.717, 1.165) is 31.6 Å². The van der Waals surface area contributed by atoms with Crippen LogP contribution in [-0.4, -0.2) is 33.5 Å². The van der Waals surface area contributed by atoms with Crippen molar-refractivity contribution in [2.45, 2.75) is 50.5 Å². The number of rotatable bonds is 7. The fourth-order valence-corrected chi connectivity index (χ4v) is 4.74. The molecule has 3 rings (SSSR count). The summed E-state index contributed by atoms with van der Waals surface area (Å²) < 4.78 is 41.2. The van der Waals surface area contributed by atoms with Gasteiger partial charge in [-0.15, -0.1) is 0 Å². The Morgan fingerprint density at radius 2 is 1.77 bits per heavy atom. The first-order valence-electron chi connectivity index (χ1n) is 10.3. The summed E-state index contributed by atoms with van der Waals surface area (Å²) in [5, 5.41) is 2.78. The number of nitrogens with zero attached hydrogens (tertiary/aromatic N) is 1. The lowest BCUT2D eigenvalue weighted by Gasteiger charge is -2.30. The Bertz CT molecular complexity index is 987. The molecule has 0 saturated carbocycles. The number of amides is 1. The zero-order chi connectivity index (χ0) is 21.7. The Balaban J connectivity index is 1.77. The SMILES string of the molecule is CCC(C)NS(=O)(=O)c1ccc(C(=O)Nc2cc(F)ccc2N2CCCCC2)cc1. The molecule has 0 radical (unpaired) electrons. The normalized spacial score (nSPS) is 15.6. The third-order valence-electron chi connectivity index (χ3n) is 5.30. The van der Waals surface area contributed by atoms with Crippen LogP contribution in [0.2, 0.25) is 0 Å². The first kappa shape index (κ1) is 22.2. The van der Waals surface area contributed by atoms with Crippen LogP contribution in [-0.2, 0) is 10.0 Å². The summed E-state index contributed by atoms with van der Waals surface area (Å²) in [6, 6.07) is 9.93. The van der Waals surface area contributed by atoms with Crippen LogP contribution in [0.15, 0.2) is 47.4 Å². The van der Waals surface area contributed by atoms with E-state index in [0.29, 0.717) is 17.7 Å². The third kappa shape index (κ3) is 5.37. The zero-order valence-corrected chi connectivity index (χ0v) is 18.1. The molecule has 0 bridgehead atoms. The summed E-state index contributed by atoms with van der Waals surface area (Å²) in [4.78, 5) is 15.0. The summed E-state index contributed by atoms with van der Waals surface area (Å²) in [6.07, 6.45) is 3.96. The van der Waals surface area contributed by atoms with Crippen molar-refractivity contribution >= 4 is 27.3 Å². The Hall–Kier alpha value is -2.45. The number of sulfonamides is 1. The van der Waals surface area contributed by atoms with Gasteiger partial charge in [-0.3, -0.25) is 4.79 Å². The molecule has 1 aliphatic rings. The first-order chi connectivity index (χ1) is 14.3. The highest BCUT2D eigenvalue weighted by Crippen LogP contribution is 2.30. The van der Waals surface area contributed by atoms with E-state index < -0.39 is 21.7 Å². The van der Waals surface area contributed by atoms with Gasteiger partial charge < -0.3 is 10.2 Å². The summed E-state index contributed by atoms with van der Waals surface area (Å²) >= 11 is 0. The van der Waals surface area contributed by atoms with E-state index >= 15 is 0 Å². The van der Waals surface area contributed by atoms with Crippen LogP contribution in [0.1, 0.15) is 49.9 Å². The van der Waals surface area contributed by atoms with Gasteiger partial charge in [0.2, 0.25) is 10.0 Å². The molecule has 8 heteroatoms. The molecule has 30 heavy (non-hydrogen) atoms. The number of hydrogen-bond acceptors (Lipinski definition) is 4. The van der Waals surface area contributed by atoms with Crippen LogP contribution in [0.25, 0.3) is 0 Å². The average Bonchev–Trinajstić information content (AvgIpc) is 2.74. The molecular weight excluding hydrogens is 405 g/mol. The molecule has 1 heterocycles. The molecule has 1 atom stereocenters. The molecule has 2 aromatic rings. The van der Waals surface area contributed by atoms with Gasteiger partial charge in [0.25, 0.3) is 5.91 Å². The molecule has 6 nitrogen and oxygen atoms in total. The second kappa shape index (κ2) is 9.57. The van der Waals surface area contributed by atoms with Gasteiger partial charge in [0.15, 0.2) is 0 Å². The predicted molar refractivity (Wildman–Crippen MR) is 117 cm³/mol. The standard InChI is InChI=1S/C22H28FN3O3S/c1-3-16(2)25-30(28,29)19-10-7-17(8-11-19)22(27)24-20-15-18(23)9-12-21(20)26-13-5-4-6-14-26/h7-12,15-16,25H,3-6,13-14H2,1-2H3,(H,24,27). The molecule has 1 amide bonds. The van der Waals surface area contributed by atoms with E-state index in [1.165, 1.54) is 42.8 Å². The van der Waals surface area contributed by atoms with Gasteiger partial charge >= 0.3 is 0 Å². The number of carbonyl (C=O) groups is 1. The second-order valence-corrected chi connectivity index (χ2v) is 9.33. The fraction of sp³-hybridized carbons (Fsp3) is 0.409. The van der Waals surface area contributed by atoms with E-state index in [1.807, 2.05) is 6.92 Å². The van der Waals surface area contributed by atoms with Gasteiger partial charge in [-0.2, -0.15) is 0 Å². The monoisotopic (exact) mass is 433 g/mol. The van der Waals surface area contributed by atoms with Crippen LogP contribution in [0.5, 0.6) is 0 Å². The molecule has 1 fully saturated rings. The zero-order valence-electron chi connectivity index (χ0n) is 17.3. The topological polar surface area (TPSA) is 78.5 Å². The molecular formula is C22H28FN3O3S. The summed E-state index contributed by atoms with van der Waals surface area (Å²) in [5.74, 6) is -0.846. The molecule has 1 unspecified atom stereocenters. The number of carbonyl (C=O) groups excluding carboxylic acids is 1. The van der Waals surface area contributed by atoms with Gasteiger partial charge in [0.1, 0.15) is 5.82 Å². The maximum atomic E-state index is 13.8. The van der Waals surface area contributed by atoms with Crippen molar-refractivity contribution in [1.82, 2.24) is 4.72 Å². The van der Waals surface area contributed by atoms with Crippen LogP contribution < -0.4 is 14.9 Å². The third-order valence-corrected chi connectivity index (χ3v) is 6.90. The van der Waals surface area contributed by atoms with Gasteiger partial charge in [0.05, 0.1) is 16.3 Å². The smallest absolute Gasteiger partial charge is 0.255 e. The number of nitrogens with one attached hydrogen (secondary N) is 2. The molecule has 2 N–H and O–H groups in total. The van der Waals surface area contributed by atoms with Crippen LogP contribution in [0.4, 0.5) is 15.8 Å². The van der Waals surface area contributed by atoms with E-state index in [-0.39, 0.29) is 10.9 Å². The van der Waals surface area contributed by atoms with Gasteiger partial charge in [-0.1, -0.05) is 6.92 Å². The Morgan fingerprint density at radius 1 is 1.10 bits per heavy atom. The van der Waals surface area contributed by atoms with Gasteiger partial charge in [0, 0.05) is 24.7 Å². The number of piperidine rings is 1. The van der Waals surface area contributed by atoms with Crippen LogP contribution >= 0.6 is 0 Å². The molecule has 1 saturated heterocycles. The van der Waals surface area contributed by atoms with Gasteiger partial charge in [-0.25, -0.2) is 17.5 Å². The highest BCUT2D eigenvalue weighted by atomic mass is 32.2. The van der Waals surface area contributed by atoms with Crippen LogP contribution in [0.3, 0.4) is 0 Å². The highest BCUT2D eigenvalue weighted by molar-refractivity contribution is 7.89. The molecule has 1 aliphatic heterocycles. The van der Waals surface area contributed by atoms with Crippen molar-refractivity contribution in [2.24, 2.45) is 0 Å². The number of hydrogen-bond donors (Lipinski definition) is 2. The van der Waals surface area contributed by atoms with Crippen molar-refractivity contribution in [1.29, 1.82) is 0 Å². The molecule has 0 aliphatic carbocycles.